The van der Waals surface area contributed by atoms with E-state index in [0.29, 0.717) is 6.04 Å². The van der Waals surface area contributed by atoms with Crippen LogP contribution >= 0.6 is 15.9 Å². The molecule has 2 fully saturated rings. The normalized spacial score (nSPS) is 25.1. The summed E-state index contributed by atoms with van der Waals surface area (Å²) in [5.41, 5.74) is 3.22. The molecule has 24 heavy (non-hydrogen) atoms. The van der Waals surface area contributed by atoms with Crippen molar-refractivity contribution in [1.29, 1.82) is 0 Å². The van der Waals surface area contributed by atoms with Crippen LogP contribution in [0, 0.1) is 11.8 Å². The van der Waals surface area contributed by atoms with Gasteiger partial charge in [0.2, 0.25) is 0 Å². The van der Waals surface area contributed by atoms with Gasteiger partial charge in [0.1, 0.15) is 0 Å². The van der Waals surface area contributed by atoms with Crippen molar-refractivity contribution in [3.05, 3.63) is 33.8 Å². The van der Waals surface area contributed by atoms with Gasteiger partial charge in [-0.05, 0) is 79.7 Å². The van der Waals surface area contributed by atoms with Crippen molar-refractivity contribution >= 4 is 15.9 Å². The van der Waals surface area contributed by atoms with Crippen LogP contribution in [0.15, 0.2) is 22.7 Å². The van der Waals surface area contributed by atoms with E-state index < -0.39 is 0 Å². The Kier molecular flexibility index (Phi) is 6.80. The van der Waals surface area contributed by atoms with Crippen molar-refractivity contribution in [2.24, 2.45) is 11.8 Å². The highest BCUT2D eigenvalue weighted by atomic mass is 79.9. The lowest BCUT2D eigenvalue weighted by Crippen LogP contribution is -2.17. The van der Waals surface area contributed by atoms with Gasteiger partial charge in [-0.3, -0.25) is 0 Å². The molecule has 1 N–H and O–H groups in total. The van der Waals surface area contributed by atoms with E-state index in [1.54, 1.807) is 11.1 Å². The Morgan fingerprint density at radius 2 is 1.92 bits per heavy atom. The lowest BCUT2D eigenvalue weighted by Gasteiger charge is -2.24. The van der Waals surface area contributed by atoms with E-state index in [9.17, 15) is 0 Å². The Bertz CT molecular complexity index is 523. The predicted molar refractivity (Wildman–Crippen MR) is 108 cm³/mol. The largest absolute Gasteiger partial charge is 0.310 e. The maximum absolute atomic E-state index is 3.86. The molecule has 1 heterocycles. The number of hydrogen-bond acceptors (Lipinski definition) is 1. The lowest BCUT2D eigenvalue weighted by atomic mass is 9.83. The van der Waals surface area contributed by atoms with Crippen LogP contribution in [0.25, 0.3) is 0 Å². The molecule has 0 amide bonds. The Morgan fingerprint density at radius 1 is 1.08 bits per heavy atom. The number of unbranched alkanes of at least 4 members (excludes halogenated alkanes) is 2. The van der Waals surface area contributed by atoms with E-state index in [-0.39, 0.29) is 0 Å². The SMILES string of the molecule is CCCCCC(CCC)c1ccc(Br)cc1C1CC(C2CC2)CN1. The predicted octanol–water partition coefficient (Wildman–Crippen LogP) is 6.97. The molecule has 0 bridgehead atoms. The molecule has 1 saturated carbocycles. The van der Waals surface area contributed by atoms with Gasteiger partial charge in [0.25, 0.3) is 0 Å². The van der Waals surface area contributed by atoms with E-state index in [4.69, 9.17) is 0 Å². The number of benzene rings is 1. The van der Waals surface area contributed by atoms with Gasteiger partial charge in [0.05, 0.1) is 0 Å². The van der Waals surface area contributed by atoms with Gasteiger partial charge in [-0.1, -0.05) is 61.5 Å². The molecule has 3 atom stereocenters. The molecular weight excluding hydrogens is 358 g/mol. The van der Waals surface area contributed by atoms with Gasteiger partial charge in [0, 0.05) is 10.5 Å². The second-order valence-electron chi connectivity index (χ2n) is 8.05. The van der Waals surface area contributed by atoms with Crippen LogP contribution in [0.3, 0.4) is 0 Å². The average molecular weight is 392 g/mol. The van der Waals surface area contributed by atoms with Crippen LogP contribution in [-0.2, 0) is 0 Å². The summed E-state index contributed by atoms with van der Waals surface area (Å²) in [6.07, 6.45) is 12.3. The summed E-state index contributed by atoms with van der Waals surface area (Å²) in [7, 11) is 0. The first-order chi connectivity index (χ1) is 11.7. The maximum Gasteiger partial charge on any atom is 0.0326 e. The summed E-state index contributed by atoms with van der Waals surface area (Å²) >= 11 is 3.72. The van der Waals surface area contributed by atoms with Crippen LogP contribution in [0.4, 0.5) is 0 Å². The molecule has 3 unspecified atom stereocenters. The zero-order valence-electron chi connectivity index (χ0n) is 15.5. The summed E-state index contributed by atoms with van der Waals surface area (Å²) in [5, 5.41) is 3.86. The topological polar surface area (TPSA) is 12.0 Å². The Hall–Kier alpha value is -0.340. The molecule has 1 aromatic rings. The lowest BCUT2D eigenvalue weighted by molar-refractivity contribution is 0.490. The summed E-state index contributed by atoms with van der Waals surface area (Å²) in [6, 6.07) is 7.66. The van der Waals surface area contributed by atoms with Crippen molar-refractivity contribution in [1.82, 2.24) is 5.32 Å². The van der Waals surface area contributed by atoms with Gasteiger partial charge in [-0.15, -0.1) is 0 Å². The average Bonchev–Trinajstić information content (AvgIpc) is 3.31. The Labute approximate surface area is 157 Å². The first-order valence-electron chi connectivity index (χ1n) is 10.3. The van der Waals surface area contributed by atoms with E-state index in [1.807, 2.05) is 0 Å². The standard InChI is InChI=1S/C22H34BrN/c1-3-5-6-8-17(7-4-2)20-12-11-19(23)14-21(20)22-13-18(15-24-22)16-9-10-16/h11-12,14,16-18,22,24H,3-10,13,15H2,1-2H3. The van der Waals surface area contributed by atoms with Gasteiger partial charge >= 0.3 is 0 Å². The molecule has 1 aromatic carbocycles. The van der Waals surface area contributed by atoms with Gasteiger partial charge in [-0.25, -0.2) is 0 Å². The van der Waals surface area contributed by atoms with Crippen LogP contribution in [0.5, 0.6) is 0 Å². The van der Waals surface area contributed by atoms with E-state index >= 15 is 0 Å². The summed E-state index contributed by atoms with van der Waals surface area (Å²) in [6.45, 7) is 5.87. The number of rotatable bonds is 9. The molecule has 2 heteroatoms. The Morgan fingerprint density at radius 3 is 2.62 bits per heavy atom. The summed E-state index contributed by atoms with van der Waals surface area (Å²) < 4.78 is 1.24. The van der Waals surface area contributed by atoms with E-state index in [0.717, 1.165) is 17.8 Å². The zero-order chi connectivity index (χ0) is 16.9. The third-order valence-corrected chi connectivity index (χ3v) is 6.60. The van der Waals surface area contributed by atoms with Gasteiger partial charge in [0.15, 0.2) is 0 Å². The number of nitrogens with one attached hydrogen (secondary N) is 1. The van der Waals surface area contributed by atoms with Crippen LogP contribution in [0.2, 0.25) is 0 Å². The molecular formula is C22H34BrN. The quantitative estimate of drug-likeness (QED) is 0.447. The van der Waals surface area contributed by atoms with Crippen molar-refractivity contribution in [2.75, 3.05) is 6.54 Å². The number of halogens is 1. The smallest absolute Gasteiger partial charge is 0.0326 e. The van der Waals surface area contributed by atoms with Crippen LogP contribution in [-0.4, -0.2) is 6.54 Å². The van der Waals surface area contributed by atoms with Crippen LogP contribution in [0.1, 0.15) is 94.7 Å². The molecule has 3 rings (SSSR count). The van der Waals surface area contributed by atoms with E-state index in [1.165, 1.54) is 68.8 Å². The van der Waals surface area contributed by atoms with Crippen molar-refractivity contribution in [3.8, 4) is 0 Å². The van der Waals surface area contributed by atoms with Gasteiger partial charge < -0.3 is 5.32 Å². The minimum absolute atomic E-state index is 0.577. The van der Waals surface area contributed by atoms with Gasteiger partial charge in [-0.2, -0.15) is 0 Å². The monoisotopic (exact) mass is 391 g/mol. The second kappa shape index (κ2) is 8.85. The first-order valence-corrected chi connectivity index (χ1v) is 11.0. The number of hydrogen-bond donors (Lipinski definition) is 1. The van der Waals surface area contributed by atoms with Crippen LogP contribution < -0.4 is 5.32 Å². The molecule has 134 valence electrons. The third kappa shape index (κ3) is 4.64. The zero-order valence-corrected chi connectivity index (χ0v) is 17.1. The fraction of sp³-hybridized carbons (Fsp3) is 0.727. The molecule has 1 nitrogen and oxygen atoms in total. The first kappa shape index (κ1) is 18.5. The van der Waals surface area contributed by atoms with E-state index in [2.05, 4.69) is 53.3 Å². The fourth-order valence-corrected chi connectivity index (χ4v) is 4.97. The minimum Gasteiger partial charge on any atom is -0.310 e. The highest BCUT2D eigenvalue weighted by Crippen LogP contribution is 2.45. The molecule has 0 radical (unpaired) electrons. The Balaban J connectivity index is 1.77. The second-order valence-corrected chi connectivity index (χ2v) is 8.96. The molecule has 1 aliphatic carbocycles. The summed E-state index contributed by atoms with van der Waals surface area (Å²) in [4.78, 5) is 0. The fourth-order valence-electron chi connectivity index (χ4n) is 4.59. The maximum atomic E-state index is 3.86. The van der Waals surface area contributed by atoms with Crippen molar-refractivity contribution in [2.45, 2.75) is 83.6 Å². The minimum atomic E-state index is 0.577. The summed E-state index contributed by atoms with van der Waals surface area (Å²) in [5.74, 6) is 2.69. The highest BCUT2D eigenvalue weighted by molar-refractivity contribution is 9.10. The molecule has 1 aliphatic heterocycles. The molecule has 1 saturated heterocycles. The highest BCUT2D eigenvalue weighted by Gasteiger charge is 2.37. The molecule has 2 aliphatic rings. The van der Waals surface area contributed by atoms with Crippen molar-refractivity contribution < 1.29 is 0 Å². The molecule has 0 spiro atoms. The third-order valence-electron chi connectivity index (χ3n) is 6.11. The van der Waals surface area contributed by atoms with Crippen molar-refractivity contribution in [3.63, 3.8) is 0 Å². The molecule has 0 aromatic heterocycles.